The molecule has 0 heterocycles. The van der Waals surface area contributed by atoms with Crippen molar-refractivity contribution in [2.75, 3.05) is 6.61 Å². The van der Waals surface area contributed by atoms with Gasteiger partial charge in [-0.3, -0.25) is 0 Å². The molecule has 3 N–H and O–H groups in total. The van der Waals surface area contributed by atoms with Crippen molar-refractivity contribution in [3.05, 3.63) is 34.1 Å². The van der Waals surface area contributed by atoms with Gasteiger partial charge in [-0.15, -0.1) is 0 Å². The predicted molar refractivity (Wildman–Crippen MR) is 52.2 cm³/mol. The van der Waals surface area contributed by atoms with Gasteiger partial charge in [0.1, 0.15) is 18.0 Å². The Labute approximate surface area is 88.9 Å². The highest BCUT2D eigenvalue weighted by atomic mass is 79.9. The smallest absolute Gasteiger partial charge is 0.130 e. The van der Waals surface area contributed by atoms with Crippen molar-refractivity contribution >= 4 is 15.9 Å². The number of hydrogen-bond acceptors (Lipinski definition) is 3. The van der Waals surface area contributed by atoms with Crippen LogP contribution in [0.5, 0.6) is 0 Å². The number of aliphatic hydroxyl groups is 3. The van der Waals surface area contributed by atoms with Gasteiger partial charge in [-0.2, -0.15) is 0 Å². The van der Waals surface area contributed by atoms with E-state index in [9.17, 15) is 9.50 Å². The van der Waals surface area contributed by atoms with E-state index in [1.165, 1.54) is 12.1 Å². The highest BCUT2D eigenvalue weighted by Crippen LogP contribution is 2.23. The van der Waals surface area contributed by atoms with Gasteiger partial charge in [-0.1, -0.05) is 22.0 Å². The van der Waals surface area contributed by atoms with Crippen LogP contribution in [0.1, 0.15) is 11.7 Å². The average molecular weight is 265 g/mol. The molecule has 0 fully saturated rings. The summed E-state index contributed by atoms with van der Waals surface area (Å²) in [7, 11) is 0. The lowest BCUT2D eigenvalue weighted by atomic mass is 10.0. The average Bonchev–Trinajstić information content (AvgIpc) is 2.15. The van der Waals surface area contributed by atoms with Crippen LogP contribution in [-0.4, -0.2) is 28.0 Å². The Hall–Kier alpha value is -0.490. The van der Waals surface area contributed by atoms with Crippen LogP contribution in [0.3, 0.4) is 0 Å². The lowest BCUT2D eigenvalue weighted by Gasteiger charge is -2.16. The van der Waals surface area contributed by atoms with Crippen LogP contribution in [0.15, 0.2) is 22.7 Å². The highest BCUT2D eigenvalue weighted by molar-refractivity contribution is 9.10. The van der Waals surface area contributed by atoms with Gasteiger partial charge < -0.3 is 15.3 Å². The standard InChI is InChI=1S/C9H10BrFO3/c10-5-1-2-6(7(11)3-5)9(14)8(13)4-12/h1-3,8-9,12-14H,4H2. The Morgan fingerprint density at radius 2 is 2.00 bits per heavy atom. The molecule has 0 spiro atoms. The van der Waals surface area contributed by atoms with Crippen molar-refractivity contribution in [1.29, 1.82) is 0 Å². The quantitative estimate of drug-likeness (QED) is 0.763. The monoisotopic (exact) mass is 264 g/mol. The summed E-state index contributed by atoms with van der Waals surface area (Å²) in [6, 6.07) is 4.08. The molecular formula is C9H10BrFO3. The van der Waals surface area contributed by atoms with E-state index in [1.54, 1.807) is 6.07 Å². The van der Waals surface area contributed by atoms with E-state index in [1.807, 2.05) is 0 Å². The number of halogens is 2. The largest absolute Gasteiger partial charge is 0.394 e. The Morgan fingerprint density at radius 1 is 1.36 bits per heavy atom. The summed E-state index contributed by atoms with van der Waals surface area (Å²) in [6.45, 7) is -0.614. The van der Waals surface area contributed by atoms with Crippen LogP contribution in [0.25, 0.3) is 0 Å². The molecule has 2 unspecified atom stereocenters. The summed E-state index contributed by atoms with van der Waals surface area (Å²) in [4.78, 5) is 0. The van der Waals surface area contributed by atoms with Crippen molar-refractivity contribution in [1.82, 2.24) is 0 Å². The molecule has 0 saturated carbocycles. The molecule has 1 aromatic carbocycles. The fourth-order valence-electron chi connectivity index (χ4n) is 1.05. The number of rotatable bonds is 3. The molecular weight excluding hydrogens is 255 g/mol. The number of hydrogen-bond donors (Lipinski definition) is 3. The van der Waals surface area contributed by atoms with Crippen molar-refractivity contribution in [3.63, 3.8) is 0 Å². The second-order valence-electron chi connectivity index (χ2n) is 2.86. The minimum atomic E-state index is -1.41. The molecule has 0 aromatic heterocycles. The van der Waals surface area contributed by atoms with Gasteiger partial charge in [0.05, 0.1) is 6.61 Å². The van der Waals surface area contributed by atoms with Gasteiger partial charge in [-0.05, 0) is 12.1 Å². The van der Waals surface area contributed by atoms with E-state index in [4.69, 9.17) is 10.2 Å². The zero-order chi connectivity index (χ0) is 10.7. The van der Waals surface area contributed by atoms with Gasteiger partial charge in [-0.25, -0.2) is 4.39 Å². The molecule has 0 aliphatic rings. The summed E-state index contributed by atoms with van der Waals surface area (Å²) in [5.74, 6) is -0.626. The second-order valence-corrected chi connectivity index (χ2v) is 3.78. The first-order valence-corrected chi connectivity index (χ1v) is 4.77. The Kier molecular flexibility index (Phi) is 4.00. The zero-order valence-electron chi connectivity index (χ0n) is 7.19. The maximum Gasteiger partial charge on any atom is 0.130 e. The molecule has 1 aromatic rings. The normalized spacial score (nSPS) is 15.2. The van der Waals surface area contributed by atoms with Gasteiger partial charge in [0, 0.05) is 10.0 Å². The third kappa shape index (κ3) is 2.51. The first-order valence-electron chi connectivity index (χ1n) is 3.98. The lowest BCUT2D eigenvalue weighted by Crippen LogP contribution is -2.22. The second kappa shape index (κ2) is 4.84. The minimum absolute atomic E-state index is 0.0326. The molecule has 0 aliphatic heterocycles. The predicted octanol–water partition coefficient (Wildman–Crippen LogP) is 0.975. The molecule has 14 heavy (non-hydrogen) atoms. The maximum atomic E-state index is 13.2. The first kappa shape index (κ1) is 11.6. The Bertz CT molecular complexity index is 319. The lowest BCUT2D eigenvalue weighted by molar-refractivity contribution is -0.0168. The van der Waals surface area contributed by atoms with Crippen LogP contribution in [-0.2, 0) is 0 Å². The maximum absolute atomic E-state index is 13.2. The third-order valence-corrected chi connectivity index (χ3v) is 2.33. The molecule has 1 rings (SSSR count). The number of aliphatic hydroxyl groups excluding tert-OH is 3. The molecule has 0 radical (unpaired) electrons. The molecule has 3 nitrogen and oxygen atoms in total. The minimum Gasteiger partial charge on any atom is -0.394 e. The summed E-state index contributed by atoms with van der Waals surface area (Å²) in [6.07, 6.45) is -2.78. The van der Waals surface area contributed by atoms with E-state index >= 15 is 0 Å². The Morgan fingerprint density at radius 3 is 2.50 bits per heavy atom. The fraction of sp³-hybridized carbons (Fsp3) is 0.333. The van der Waals surface area contributed by atoms with E-state index in [2.05, 4.69) is 15.9 Å². The summed E-state index contributed by atoms with van der Waals surface area (Å²) in [5, 5.41) is 27.1. The van der Waals surface area contributed by atoms with E-state index in [0.717, 1.165) is 0 Å². The molecule has 0 amide bonds. The molecule has 5 heteroatoms. The first-order chi connectivity index (χ1) is 6.56. The van der Waals surface area contributed by atoms with Crippen LogP contribution in [0.4, 0.5) is 4.39 Å². The summed E-state index contributed by atoms with van der Waals surface area (Å²) >= 11 is 3.07. The van der Waals surface area contributed by atoms with Crippen molar-refractivity contribution in [2.24, 2.45) is 0 Å². The van der Waals surface area contributed by atoms with Crippen LogP contribution in [0.2, 0.25) is 0 Å². The van der Waals surface area contributed by atoms with Crippen LogP contribution >= 0.6 is 15.9 Å². The molecule has 78 valence electrons. The van der Waals surface area contributed by atoms with Gasteiger partial charge in [0.15, 0.2) is 0 Å². The van der Waals surface area contributed by atoms with E-state index in [-0.39, 0.29) is 5.56 Å². The van der Waals surface area contributed by atoms with E-state index in [0.29, 0.717) is 4.47 Å². The van der Waals surface area contributed by atoms with Crippen molar-refractivity contribution in [3.8, 4) is 0 Å². The molecule has 0 saturated heterocycles. The SMILES string of the molecule is OCC(O)C(O)c1ccc(Br)cc1F. The van der Waals surface area contributed by atoms with Crippen molar-refractivity contribution in [2.45, 2.75) is 12.2 Å². The number of benzene rings is 1. The van der Waals surface area contributed by atoms with Gasteiger partial charge in [0.25, 0.3) is 0 Å². The Balaban J connectivity index is 2.95. The van der Waals surface area contributed by atoms with Gasteiger partial charge in [0.2, 0.25) is 0 Å². The summed E-state index contributed by atoms with van der Waals surface area (Å²) < 4.78 is 13.8. The molecule has 2 atom stereocenters. The highest BCUT2D eigenvalue weighted by Gasteiger charge is 2.20. The van der Waals surface area contributed by atoms with Gasteiger partial charge >= 0.3 is 0 Å². The van der Waals surface area contributed by atoms with E-state index < -0.39 is 24.6 Å². The zero-order valence-corrected chi connectivity index (χ0v) is 8.78. The molecule has 0 aliphatic carbocycles. The van der Waals surface area contributed by atoms with Crippen LogP contribution in [0, 0.1) is 5.82 Å². The fourth-order valence-corrected chi connectivity index (χ4v) is 1.38. The van der Waals surface area contributed by atoms with Crippen LogP contribution < -0.4 is 0 Å². The third-order valence-electron chi connectivity index (χ3n) is 1.83. The topological polar surface area (TPSA) is 60.7 Å². The van der Waals surface area contributed by atoms with Crippen molar-refractivity contribution < 1.29 is 19.7 Å². The molecule has 0 bridgehead atoms. The summed E-state index contributed by atoms with van der Waals surface area (Å²) in [5.41, 5.74) is -0.0326.